The Bertz CT molecular complexity index is 1240. The largest absolute Gasteiger partial charge is 0.359 e. The Balaban J connectivity index is 1.10. The summed E-state index contributed by atoms with van der Waals surface area (Å²) in [6.07, 6.45) is 8.70. The van der Waals surface area contributed by atoms with E-state index in [9.17, 15) is 4.79 Å². The van der Waals surface area contributed by atoms with Crippen molar-refractivity contribution < 1.29 is 4.79 Å². The lowest BCUT2D eigenvalue weighted by atomic mass is 9.80. The van der Waals surface area contributed by atoms with Gasteiger partial charge in [0.1, 0.15) is 16.9 Å². The normalized spacial score (nSPS) is 21.3. The lowest BCUT2D eigenvalue weighted by molar-refractivity contribution is -0.138. The molecule has 1 saturated carbocycles. The standard InChI is InChI=1S/C27H35N7OS/c1-3-23-15-20(2)26(36-23)29-18-28-19-32-11-13-33(14-12-32)27(35)22-8-6-7-21(16-22)17-34-25-10-5-4-9-24(25)30-31-34/h4-5,9-10,15,18-19,21-22H,3,6-8,11-14,16-17H2,1-2H3/b28-19?,29-18-/t21-,22+/m0/s1. The monoisotopic (exact) mass is 505 g/mol. The third-order valence-corrected chi connectivity index (χ3v) is 8.66. The minimum Gasteiger partial charge on any atom is -0.359 e. The van der Waals surface area contributed by atoms with E-state index in [1.807, 2.05) is 29.2 Å². The third-order valence-electron chi connectivity index (χ3n) is 7.37. The second-order valence-electron chi connectivity index (χ2n) is 9.91. The Kier molecular flexibility index (Phi) is 7.75. The number of hydrogen-bond donors (Lipinski definition) is 0. The summed E-state index contributed by atoms with van der Waals surface area (Å²) in [6, 6.07) is 10.3. The topological polar surface area (TPSA) is 79.0 Å². The molecule has 1 saturated heterocycles. The Morgan fingerprint density at radius 2 is 2.03 bits per heavy atom. The highest BCUT2D eigenvalue weighted by molar-refractivity contribution is 7.16. The maximum Gasteiger partial charge on any atom is 0.225 e. The summed E-state index contributed by atoms with van der Waals surface area (Å²) in [5.74, 6) is 0.903. The molecule has 3 heterocycles. The number of fused-ring (bicyclic) bond motifs is 1. The van der Waals surface area contributed by atoms with Crippen molar-refractivity contribution in [1.29, 1.82) is 0 Å². The molecule has 0 bridgehead atoms. The summed E-state index contributed by atoms with van der Waals surface area (Å²) < 4.78 is 2.01. The van der Waals surface area contributed by atoms with Crippen LogP contribution in [-0.2, 0) is 17.8 Å². The van der Waals surface area contributed by atoms with Crippen LogP contribution in [0.3, 0.4) is 0 Å². The van der Waals surface area contributed by atoms with E-state index in [-0.39, 0.29) is 5.92 Å². The highest BCUT2D eigenvalue weighted by Crippen LogP contribution is 2.32. The van der Waals surface area contributed by atoms with Gasteiger partial charge >= 0.3 is 0 Å². The van der Waals surface area contributed by atoms with Gasteiger partial charge in [-0.2, -0.15) is 0 Å². The first-order valence-corrected chi connectivity index (χ1v) is 13.9. The van der Waals surface area contributed by atoms with Crippen molar-refractivity contribution in [1.82, 2.24) is 24.8 Å². The number of thiophene rings is 1. The first-order valence-electron chi connectivity index (χ1n) is 13.1. The smallest absolute Gasteiger partial charge is 0.225 e. The predicted octanol–water partition coefficient (Wildman–Crippen LogP) is 4.70. The van der Waals surface area contributed by atoms with Crippen LogP contribution >= 0.6 is 11.3 Å². The van der Waals surface area contributed by atoms with Gasteiger partial charge in [-0.1, -0.05) is 30.7 Å². The molecule has 3 aromatic rings. The van der Waals surface area contributed by atoms with Gasteiger partial charge < -0.3 is 9.80 Å². The van der Waals surface area contributed by atoms with Crippen LogP contribution in [-0.4, -0.2) is 69.6 Å². The molecule has 5 rings (SSSR count). The van der Waals surface area contributed by atoms with Crippen LogP contribution in [0.1, 0.15) is 43.0 Å². The van der Waals surface area contributed by atoms with E-state index in [1.165, 1.54) is 10.4 Å². The molecule has 1 aromatic carbocycles. The lowest BCUT2D eigenvalue weighted by Gasteiger charge is -2.37. The van der Waals surface area contributed by atoms with Gasteiger partial charge in [-0.05, 0) is 62.3 Å². The molecule has 2 aromatic heterocycles. The zero-order chi connectivity index (χ0) is 24.9. The molecular formula is C27H35N7OS. The number of rotatable bonds is 7. The van der Waals surface area contributed by atoms with Crippen LogP contribution < -0.4 is 0 Å². The van der Waals surface area contributed by atoms with Gasteiger partial charge in [-0.15, -0.1) is 16.4 Å². The molecule has 1 amide bonds. The van der Waals surface area contributed by atoms with Crippen LogP contribution in [0.15, 0.2) is 40.3 Å². The molecule has 1 aliphatic carbocycles. The molecule has 2 aliphatic rings. The van der Waals surface area contributed by atoms with Crippen LogP contribution in [0, 0.1) is 18.8 Å². The van der Waals surface area contributed by atoms with Crippen molar-refractivity contribution in [2.75, 3.05) is 26.2 Å². The Labute approximate surface area is 216 Å². The lowest BCUT2D eigenvalue weighted by Crippen LogP contribution is -2.50. The van der Waals surface area contributed by atoms with E-state index in [4.69, 9.17) is 0 Å². The SMILES string of the molecule is CCc1cc(C)c(/N=C\N=CN2CCN(C(=O)[C@@H]3CCC[C@H](Cn4nnc5ccccc54)C3)CC2)s1. The second-order valence-corrected chi connectivity index (χ2v) is 11.0. The molecule has 0 radical (unpaired) electrons. The number of benzene rings is 1. The number of aliphatic imine (C=N–C) groups is 2. The highest BCUT2D eigenvalue weighted by atomic mass is 32.1. The van der Waals surface area contributed by atoms with Crippen molar-refractivity contribution >= 4 is 46.0 Å². The summed E-state index contributed by atoms with van der Waals surface area (Å²) in [5.41, 5.74) is 3.21. The van der Waals surface area contributed by atoms with Crippen molar-refractivity contribution in [3.8, 4) is 0 Å². The molecule has 1 aliphatic heterocycles. The van der Waals surface area contributed by atoms with Gasteiger partial charge in [0.2, 0.25) is 5.91 Å². The molecular weight excluding hydrogens is 470 g/mol. The minimum atomic E-state index is 0.118. The number of para-hydroxylation sites is 1. The molecule has 8 nitrogen and oxygen atoms in total. The minimum absolute atomic E-state index is 0.118. The average molecular weight is 506 g/mol. The fourth-order valence-electron chi connectivity index (χ4n) is 5.34. The number of piperazine rings is 1. The number of amides is 1. The second kappa shape index (κ2) is 11.3. The number of aryl methyl sites for hydroxylation is 2. The zero-order valence-corrected chi connectivity index (χ0v) is 22.0. The van der Waals surface area contributed by atoms with Crippen molar-refractivity contribution in [2.45, 2.75) is 52.5 Å². The molecule has 2 atom stereocenters. The molecule has 0 N–H and O–H groups in total. The summed E-state index contributed by atoms with van der Waals surface area (Å²) in [6.45, 7) is 8.20. The number of aromatic nitrogens is 3. The number of hydrogen-bond acceptors (Lipinski definition) is 5. The summed E-state index contributed by atoms with van der Waals surface area (Å²) >= 11 is 1.73. The van der Waals surface area contributed by atoms with Crippen LogP contribution in [0.4, 0.5) is 5.00 Å². The first kappa shape index (κ1) is 24.6. The van der Waals surface area contributed by atoms with Gasteiger partial charge in [-0.25, -0.2) is 14.7 Å². The first-order chi connectivity index (χ1) is 17.6. The molecule has 9 heteroatoms. The van der Waals surface area contributed by atoms with E-state index in [1.54, 1.807) is 17.7 Å². The Morgan fingerprint density at radius 1 is 1.19 bits per heavy atom. The van der Waals surface area contributed by atoms with Crippen molar-refractivity contribution in [2.24, 2.45) is 21.8 Å². The van der Waals surface area contributed by atoms with Gasteiger partial charge in [0, 0.05) is 43.5 Å². The summed E-state index contributed by atoms with van der Waals surface area (Å²) in [4.78, 5) is 27.8. The van der Waals surface area contributed by atoms with E-state index < -0.39 is 0 Å². The van der Waals surface area contributed by atoms with Crippen molar-refractivity contribution in [3.05, 3.63) is 40.8 Å². The number of nitrogens with zero attached hydrogens (tertiary/aromatic N) is 7. The highest BCUT2D eigenvalue weighted by Gasteiger charge is 2.32. The average Bonchev–Trinajstić information content (AvgIpc) is 3.49. The zero-order valence-electron chi connectivity index (χ0n) is 21.2. The fraction of sp³-hybridized carbons (Fsp3) is 0.519. The summed E-state index contributed by atoms with van der Waals surface area (Å²) in [7, 11) is 0. The van der Waals surface area contributed by atoms with E-state index in [2.05, 4.69) is 56.1 Å². The molecule has 190 valence electrons. The summed E-state index contributed by atoms with van der Waals surface area (Å²) in [5, 5.41) is 9.67. The Morgan fingerprint density at radius 3 is 2.83 bits per heavy atom. The number of carbonyl (C=O) groups excluding carboxylic acids is 1. The molecule has 0 unspecified atom stereocenters. The maximum atomic E-state index is 13.3. The van der Waals surface area contributed by atoms with E-state index in [0.29, 0.717) is 11.8 Å². The Hall–Kier alpha value is -3.07. The quantitative estimate of drug-likeness (QED) is 0.344. The van der Waals surface area contributed by atoms with Gasteiger partial charge in [0.25, 0.3) is 0 Å². The van der Waals surface area contributed by atoms with Crippen LogP contribution in [0.5, 0.6) is 0 Å². The van der Waals surface area contributed by atoms with E-state index in [0.717, 1.165) is 80.9 Å². The van der Waals surface area contributed by atoms with Gasteiger partial charge in [0.15, 0.2) is 0 Å². The van der Waals surface area contributed by atoms with Gasteiger partial charge in [0.05, 0.1) is 11.9 Å². The molecule has 0 spiro atoms. The van der Waals surface area contributed by atoms with Gasteiger partial charge in [-0.3, -0.25) is 4.79 Å². The molecule has 2 fully saturated rings. The third kappa shape index (κ3) is 5.67. The number of carbonyl (C=O) groups is 1. The predicted molar refractivity (Wildman–Crippen MR) is 146 cm³/mol. The maximum absolute atomic E-state index is 13.3. The van der Waals surface area contributed by atoms with E-state index >= 15 is 0 Å². The molecule has 36 heavy (non-hydrogen) atoms. The fourth-order valence-corrected chi connectivity index (χ4v) is 6.29. The van der Waals surface area contributed by atoms with Crippen LogP contribution in [0.25, 0.3) is 11.0 Å². The van der Waals surface area contributed by atoms with Crippen molar-refractivity contribution in [3.63, 3.8) is 0 Å². The van der Waals surface area contributed by atoms with Crippen LogP contribution in [0.2, 0.25) is 0 Å².